The summed E-state index contributed by atoms with van der Waals surface area (Å²) in [6, 6.07) is 0. The molecule has 0 aliphatic carbocycles. The molecule has 0 amide bonds. The summed E-state index contributed by atoms with van der Waals surface area (Å²) in [5, 5.41) is 3.68. The van der Waals surface area contributed by atoms with E-state index in [9.17, 15) is 14.4 Å². The van der Waals surface area contributed by atoms with Crippen LogP contribution in [0.25, 0.3) is 11.5 Å². The molecule has 0 bridgehead atoms. The number of rotatable bonds is 6. The summed E-state index contributed by atoms with van der Waals surface area (Å²) in [6.07, 6.45) is 4.86. The summed E-state index contributed by atoms with van der Waals surface area (Å²) in [7, 11) is 0. The molecular formula is C17H17N5O4. The van der Waals surface area contributed by atoms with Crippen LogP contribution in [0.1, 0.15) is 46.0 Å². The van der Waals surface area contributed by atoms with Crippen molar-refractivity contribution in [1.29, 1.82) is 0 Å². The first-order valence-corrected chi connectivity index (χ1v) is 8.02. The number of aryl methyl sites for hydroxylation is 1. The fourth-order valence-electron chi connectivity index (χ4n) is 2.97. The quantitative estimate of drug-likeness (QED) is 0.666. The molecule has 3 aromatic heterocycles. The number of ketones is 2. The first-order chi connectivity index (χ1) is 12.4. The van der Waals surface area contributed by atoms with Gasteiger partial charge in [-0.15, -0.1) is 0 Å². The number of nitrogens with one attached hydrogen (secondary N) is 1. The van der Waals surface area contributed by atoms with Crippen LogP contribution >= 0.6 is 0 Å². The van der Waals surface area contributed by atoms with Gasteiger partial charge in [0.2, 0.25) is 5.82 Å². The predicted octanol–water partition coefficient (Wildman–Crippen LogP) is 1.58. The van der Waals surface area contributed by atoms with Crippen molar-refractivity contribution in [3.05, 3.63) is 51.7 Å². The van der Waals surface area contributed by atoms with Crippen LogP contribution in [0.2, 0.25) is 0 Å². The fourth-order valence-corrected chi connectivity index (χ4v) is 2.97. The SMILES string of the molecule is CCc1c(C(=O)Cn2c(-c3cnccn3)noc2=O)[nH]c(C)c1C(C)=O. The molecule has 9 nitrogen and oxygen atoms in total. The maximum Gasteiger partial charge on any atom is 0.442 e. The van der Waals surface area contributed by atoms with Crippen LogP contribution in [0, 0.1) is 6.92 Å². The van der Waals surface area contributed by atoms with Gasteiger partial charge >= 0.3 is 5.76 Å². The van der Waals surface area contributed by atoms with E-state index in [1.807, 2.05) is 6.92 Å². The molecule has 0 aliphatic rings. The predicted molar refractivity (Wildman–Crippen MR) is 91.0 cm³/mol. The molecule has 3 heterocycles. The van der Waals surface area contributed by atoms with Crippen molar-refractivity contribution >= 4 is 11.6 Å². The van der Waals surface area contributed by atoms with Gasteiger partial charge in [-0.1, -0.05) is 12.1 Å². The molecule has 0 saturated carbocycles. The molecule has 3 aromatic rings. The highest BCUT2D eigenvalue weighted by Gasteiger charge is 2.24. The van der Waals surface area contributed by atoms with E-state index in [0.29, 0.717) is 34.6 Å². The summed E-state index contributed by atoms with van der Waals surface area (Å²) in [5.74, 6) is -1.12. The van der Waals surface area contributed by atoms with Crippen molar-refractivity contribution in [3.8, 4) is 11.5 Å². The number of hydrogen-bond acceptors (Lipinski definition) is 7. The molecule has 1 N–H and O–H groups in total. The molecule has 134 valence electrons. The summed E-state index contributed by atoms with van der Waals surface area (Å²) in [4.78, 5) is 47.6. The summed E-state index contributed by atoms with van der Waals surface area (Å²) in [6.45, 7) is 4.77. The van der Waals surface area contributed by atoms with Crippen LogP contribution in [-0.4, -0.2) is 36.2 Å². The summed E-state index contributed by atoms with van der Waals surface area (Å²) in [5.41, 5.74) is 2.42. The van der Waals surface area contributed by atoms with Gasteiger partial charge in [0, 0.05) is 23.7 Å². The van der Waals surface area contributed by atoms with Gasteiger partial charge in [-0.25, -0.2) is 14.3 Å². The zero-order valence-corrected chi connectivity index (χ0v) is 14.6. The van der Waals surface area contributed by atoms with Crippen molar-refractivity contribution in [1.82, 2.24) is 24.7 Å². The lowest BCUT2D eigenvalue weighted by Crippen LogP contribution is -2.22. The molecule has 0 atom stereocenters. The number of carbonyl (C=O) groups is 2. The van der Waals surface area contributed by atoms with Crippen LogP contribution in [-0.2, 0) is 13.0 Å². The largest absolute Gasteiger partial charge is 0.442 e. The van der Waals surface area contributed by atoms with Gasteiger partial charge in [-0.05, 0) is 25.8 Å². The molecule has 9 heteroatoms. The van der Waals surface area contributed by atoms with Crippen molar-refractivity contribution in [3.63, 3.8) is 0 Å². The lowest BCUT2D eigenvalue weighted by molar-refractivity contribution is 0.0964. The topological polar surface area (TPSA) is 124 Å². The molecule has 26 heavy (non-hydrogen) atoms. The second-order valence-electron chi connectivity index (χ2n) is 5.76. The first kappa shape index (κ1) is 17.5. The van der Waals surface area contributed by atoms with Crippen molar-refractivity contribution < 1.29 is 14.1 Å². The minimum Gasteiger partial charge on any atom is -0.355 e. The Labute approximate surface area is 148 Å². The van der Waals surface area contributed by atoms with E-state index in [2.05, 4.69) is 24.6 Å². The van der Waals surface area contributed by atoms with Crippen LogP contribution in [0.3, 0.4) is 0 Å². The Bertz CT molecular complexity index is 1030. The third-order valence-corrected chi connectivity index (χ3v) is 4.06. The molecule has 0 aliphatic heterocycles. The lowest BCUT2D eigenvalue weighted by Gasteiger charge is -2.05. The molecule has 0 radical (unpaired) electrons. The average Bonchev–Trinajstić information content (AvgIpc) is 3.15. The van der Waals surface area contributed by atoms with Crippen molar-refractivity contribution in [2.24, 2.45) is 0 Å². The van der Waals surface area contributed by atoms with Gasteiger partial charge in [-0.2, -0.15) is 0 Å². The van der Waals surface area contributed by atoms with E-state index in [4.69, 9.17) is 0 Å². The van der Waals surface area contributed by atoms with E-state index >= 15 is 0 Å². The highest BCUT2D eigenvalue weighted by molar-refractivity contribution is 6.03. The van der Waals surface area contributed by atoms with Gasteiger partial charge < -0.3 is 4.98 Å². The van der Waals surface area contributed by atoms with Crippen molar-refractivity contribution in [2.75, 3.05) is 0 Å². The molecule has 0 saturated heterocycles. The van der Waals surface area contributed by atoms with Gasteiger partial charge in [0.15, 0.2) is 11.6 Å². The maximum absolute atomic E-state index is 12.8. The third-order valence-electron chi connectivity index (χ3n) is 4.06. The van der Waals surface area contributed by atoms with E-state index in [1.165, 1.54) is 25.5 Å². The van der Waals surface area contributed by atoms with Gasteiger partial charge in [-0.3, -0.25) is 19.1 Å². The minimum absolute atomic E-state index is 0.114. The normalized spacial score (nSPS) is 10.9. The molecular weight excluding hydrogens is 338 g/mol. The zero-order valence-electron chi connectivity index (χ0n) is 14.6. The fraction of sp³-hybridized carbons (Fsp3) is 0.294. The Hall–Kier alpha value is -3.36. The molecule has 0 aromatic carbocycles. The second kappa shape index (κ2) is 6.87. The van der Waals surface area contributed by atoms with E-state index in [-0.39, 0.29) is 23.9 Å². The summed E-state index contributed by atoms with van der Waals surface area (Å²) < 4.78 is 5.78. The van der Waals surface area contributed by atoms with Gasteiger partial charge in [0.25, 0.3) is 0 Å². The molecule has 0 fully saturated rings. The Morgan fingerprint density at radius 2 is 2.08 bits per heavy atom. The lowest BCUT2D eigenvalue weighted by atomic mass is 10.0. The third kappa shape index (κ3) is 2.99. The first-order valence-electron chi connectivity index (χ1n) is 8.02. The monoisotopic (exact) mass is 355 g/mol. The van der Waals surface area contributed by atoms with Crippen molar-refractivity contribution in [2.45, 2.75) is 33.7 Å². The Kier molecular flexibility index (Phi) is 4.61. The number of hydrogen-bond donors (Lipinski definition) is 1. The smallest absolute Gasteiger partial charge is 0.355 e. The van der Waals surface area contributed by atoms with Crippen LogP contribution < -0.4 is 5.76 Å². The molecule has 0 spiro atoms. The van der Waals surface area contributed by atoms with E-state index < -0.39 is 5.76 Å². The molecule has 3 rings (SSSR count). The maximum atomic E-state index is 12.8. The van der Waals surface area contributed by atoms with Crippen LogP contribution in [0.15, 0.2) is 27.9 Å². The van der Waals surface area contributed by atoms with Gasteiger partial charge in [0.05, 0.1) is 18.4 Å². The Balaban J connectivity index is 2.01. The standard InChI is InChI=1S/C17H17N5O4/c1-4-11-14(10(3)23)9(2)20-15(11)13(24)8-22-16(21-26-17(22)25)12-7-18-5-6-19-12/h5-7,20H,4,8H2,1-3H3. The Morgan fingerprint density at radius 1 is 1.31 bits per heavy atom. The highest BCUT2D eigenvalue weighted by atomic mass is 16.5. The zero-order chi connectivity index (χ0) is 18.8. The Morgan fingerprint density at radius 3 is 2.69 bits per heavy atom. The minimum atomic E-state index is -0.771. The van der Waals surface area contributed by atoms with Crippen LogP contribution in [0.4, 0.5) is 0 Å². The number of aromatic amines is 1. The number of nitrogens with zero attached hydrogens (tertiary/aromatic N) is 4. The van der Waals surface area contributed by atoms with E-state index in [0.717, 1.165) is 4.57 Å². The van der Waals surface area contributed by atoms with Gasteiger partial charge in [0.1, 0.15) is 5.69 Å². The number of aromatic nitrogens is 5. The number of Topliss-reactive ketones (excluding diaryl/α,β-unsaturated/α-hetero) is 2. The van der Waals surface area contributed by atoms with E-state index in [1.54, 1.807) is 6.92 Å². The second-order valence-corrected chi connectivity index (χ2v) is 5.76. The number of H-pyrrole nitrogens is 1. The number of carbonyl (C=O) groups excluding carboxylic acids is 2. The summed E-state index contributed by atoms with van der Waals surface area (Å²) >= 11 is 0. The highest BCUT2D eigenvalue weighted by Crippen LogP contribution is 2.21. The average molecular weight is 355 g/mol. The van der Waals surface area contributed by atoms with Crippen LogP contribution in [0.5, 0.6) is 0 Å². The molecule has 0 unspecified atom stereocenters.